The molecule has 0 spiro atoms. The van der Waals surface area contributed by atoms with E-state index in [1.165, 1.54) is 5.56 Å². The summed E-state index contributed by atoms with van der Waals surface area (Å²) in [5, 5.41) is 7.28. The van der Waals surface area contributed by atoms with E-state index in [-0.39, 0.29) is 18.5 Å². The summed E-state index contributed by atoms with van der Waals surface area (Å²) < 4.78 is 1.66. The topological polar surface area (TPSA) is 46.9 Å². The van der Waals surface area contributed by atoms with Crippen molar-refractivity contribution in [2.75, 3.05) is 0 Å². The molecule has 1 heterocycles. The second-order valence-corrected chi connectivity index (χ2v) is 5.09. The van der Waals surface area contributed by atoms with Crippen molar-refractivity contribution in [2.24, 2.45) is 0 Å². The molecule has 1 atom stereocenters. The van der Waals surface area contributed by atoms with Crippen LogP contribution in [0.2, 0.25) is 0 Å². The number of nitrogens with one attached hydrogen (secondary N) is 1. The minimum Gasteiger partial charge on any atom is -0.348 e. The third kappa shape index (κ3) is 3.70. The van der Waals surface area contributed by atoms with Crippen molar-refractivity contribution in [3.63, 3.8) is 0 Å². The van der Waals surface area contributed by atoms with Crippen LogP contribution in [0.5, 0.6) is 0 Å². The zero-order chi connectivity index (χ0) is 14.5. The minimum atomic E-state index is -0.0134. The van der Waals surface area contributed by atoms with E-state index in [1.807, 2.05) is 19.2 Å². The van der Waals surface area contributed by atoms with E-state index in [0.29, 0.717) is 0 Å². The molecule has 106 valence electrons. The molecule has 0 radical (unpaired) electrons. The van der Waals surface area contributed by atoms with Crippen LogP contribution >= 0.6 is 0 Å². The average molecular weight is 271 g/mol. The molecule has 0 saturated heterocycles. The van der Waals surface area contributed by atoms with Crippen molar-refractivity contribution in [3.8, 4) is 0 Å². The van der Waals surface area contributed by atoms with Crippen molar-refractivity contribution in [1.82, 2.24) is 15.1 Å². The molecule has 0 bridgehead atoms. The Morgan fingerprint density at radius 2 is 1.95 bits per heavy atom. The van der Waals surface area contributed by atoms with E-state index in [2.05, 4.69) is 48.5 Å². The molecule has 4 nitrogen and oxygen atoms in total. The lowest BCUT2D eigenvalue weighted by Crippen LogP contribution is -2.31. The molecule has 0 fully saturated rings. The number of carbonyl (C=O) groups excluding carboxylic acids is 1. The predicted molar refractivity (Wildman–Crippen MR) is 79.3 cm³/mol. The van der Waals surface area contributed by atoms with Gasteiger partial charge in [0.25, 0.3) is 0 Å². The van der Waals surface area contributed by atoms with Crippen LogP contribution in [-0.4, -0.2) is 15.7 Å². The first kappa shape index (κ1) is 14.3. The molecule has 1 N–H and O–H groups in total. The van der Waals surface area contributed by atoms with E-state index in [4.69, 9.17) is 0 Å². The van der Waals surface area contributed by atoms with Crippen molar-refractivity contribution in [1.29, 1.82) is 0 Å². The monoisotopic (exact) mass is 271 g/mol. The Kier molecular flexibility index (Phi) is 4.56. The lowest BCUT2D eigenvalue weighted by atomic mass is 10.0. The maximum Gasteiger partial charge on any atom is 0.242 e. The Bertz CT molecular complexity index is 572. The molecular formula is C16H21N3O. The van der Waals surface area contributed by atoms with Gasteiger partial charge in [0.15, 0.2) is 0 Å². The number of carbonyl (C=O) groups is 1. The second kappa shape index (κ2) is 6.37. The SMILES string of the molecule is CCC(NC(=O)Cn1ccc(C)n1)c1ccc(C)cc1. The van der Waals surface area contributed by atoms with Crippen LogP contribution in [0, 0.1) is 13.8 Å². The van der Waals surface area contributed by atoms with Crippen molar-refractivity contribution in [3.05, 3.63) is 53.3 Å². The van der Waals surface area contributed by atoms with Gasteiger partial charge >= 0.3 is 0 Å². The van der Waals surface area contributed by atoms with E-state index >= 15 is 0 Å². The minimum absolute atomic E-state index is 0.0134. The Hall–Kier alpha value is -2.10. The molecule has 0 aliphatic rings. The van der Waals surface area contributed by atoms with Gasteiger partial charge in [0.05, 0.1) is 11.7 Å². The molecule has 1 amide bonds. The lowest BCUT2D eigenvalue weighted by molar-refractivity contribution is -0.122. The Morgan fingerprint density at radius 3 is 2.50 bits per heavy atom. The molecular weight excluding hydrogens is 250 g/mol. The summed E-state index contributed by atoms with van der Waals surface area (Å²) >= 11 is 0. The number of nitrogens with zero attached hydrogens (tertiary/aromatic N) is 2. The Labute approximate surface area is 119 Å². The highest BCUT2D eigenvalue weighted by Gasteiger charge is 2.13. The maximum absolute atomic E-state index is 12.1. The van der Waals surface area contributed by atoms with Crippen molar-refractivity contribution < 1.29 is 4.79 Å². The number of aromatic nitrogens is 2. The molecule has 0 aliphatic heterocycles. The van der Waals surface area contributed by atoms with Crippen LogP contribution in [-0.2, 0) is 11.3 Å². The third-order valence-electron chi connectivity index (χ3n) is 3.30. The number of benzene rings is 1. The van der Waals surface area contributed by atoms with Gasteiger partial charge in [0.1, 0.15) is 6.54 Å². The highest BCUT2D eigenvalue weighted by atomic mass is 16.2. The van der Waals surface area contributed by atoms with Crippen LogP contribution in [0.3, 0.4) is 0 Å². The first-order valence-corrected chi connectivity index (χ1v) is 6.94. The van der Waals surface area contributed by atoms with Gasteiger partial charge in [0, 0.05) is 6.20 Å². The van der Waals surface area contributed by atoms with E-state index in [0.717, 1.165) is 17.7 Å². The molecule has 0 aliphatic carbocycles. The number of aryl methyl sites for hydroxylation is 2. The standard InChI is InChI=1S/C16H21N3O/c1-4-15(14-7-5-12(2)6-8-14)17-16(20)11-19-10-9-13(3)18-19/h5-10,15H,4,11H2,1-3H3,(H,17,20). The van der Waals surface area contributed by atoms with Crippen molar-refractivity contribution >= 4 is 5.91 Å². The summed E-state index contributed by atoms with van der Waals surface area (Å²) in [5.41, 5.74) is 3.29. The molecule has 2 aromatic rings. The van der Waals surface area contributed by atoms with Gasteiger partial charge in [-0.25, -0.2) is 0 Å². The van der Waals surface area contributed by atoms with Gasteiger partial charge in [-0.05, 0) is 31.9 Å². The summed E-state index contributed by atoms with van der Waals surface area (Å²) in [6.07, 6.45) is 2.69. The Balaban J connectivity index is 1.99. The Morgan fingerprint density at radius 1 is 1.25 bits per heavy atom. The van der Waals surface area contributed by atoms with Crippen LogP contribution in [0.15, 0.2) is 36.5 Å². The summed E-state index contributed by atoms with van der Waals surface area (Å²) in [6, 6.07) is 10.2. The zero-order valence-corrected chi connectivity index (χ0v) is 12.3. The van der Waals surface area contributed by atoms with E-state index in [9.17, 15) is 4.79 Å². The first-order chi connectivity index (χ1) is 9.58. The largest absolute Gasteiger partial charge is 0.348 e. The van der Waals surface area contributed by atoms with Gasteiger partial charge in [-0.3, -0.25) is 9.48 Å². The number of hydrogen-bond donors (Lipinski definition) is 1. The summed E-state index contributed by atoms with van der Waals surface area (Å²) in [7, 11) is 0. The summed E-state index contributed by atoms with van der Waals surface area (Å²) in [5.74, 6) is -0.0134. The molecule has 1 unspecified atom stereocenters. The normalized spacial score (nSPS) is 12.2. The fourth-order valence-corrected chi connectivity index (χ4v) is 2.16. The van der Waals surface area contributed by atoms with Crippen molar-refractivity contribution in [2.45, 2.75) is 39.8 Å². The van der Waals surface area contributed by atoms with Gasteiger partial charge in [-0.2, -0.15) is 5.10 Å². The smallest absolute Gasteiger partial charge is 0.242 e. The third-order valence-corrected chi connectivity index (χ3v) is 3.30. The van der Waals surface area contributed by atoms with E-state index in [1.54, 1.807) is 4.68 Å². The predicted octanol–water partition coefficient (Wildman–Crippen LogP) is 2.77. The molecule has 1 aromatic heterocycles. The average Bonchev–Trinajstić information content (AvgIpc) is 2.82. The molecule has 1 aromatic carbocycles. The number of amides is 1. The number of hydrogen-bond acceptors (Lipinski definition) is 2. The van der Waals surface area contributed by atoms with Crippen LogP contribution in [0.25, 0.3) is 0 Å². The van der Waals surface area contributed by atoms with Gasteiger partial charge < -0.3 is 5.32 Å². The number of rotatable bonds is 5. The molecule has 0 saturated carbocycles. The van der Waals surface area contributed by atoms with Gasteiger partial charge in [-0.15, -0.1) is 0 Å². The molecule has 20 heavy (non-hydrogen) atoms. The second-order valence-electron chi connectivity index (χ2n) is 5.09. The maximum atomic E-state index is 12.1. The van der Waals surface area contributed by atoms with Gasteiger partial charge in [0.2, 0.25) is 5.91 Å². The first-order valence-electron chi connectivity index (χ1n) is 6.94. The van der Waals surface area contributed by atoms with Gasteiger partial charge in [-0.1, -0.05) is 36.8 Å². The fourth-order valence-electron chi connectivity index (χ4n) is 2.16. The molecule has 2 rings (SSSR count). The highest BCUT2D eigenvalue weighted by molar-refractivity contribution is 5.76. The van der Waals surface area contributed by atoms with E-state index < -0.39 is 0 Å². The lowest BCUT2D eigenvalue weighted by Gasteiger charge is -2.17. The van der Waals surface area contributed by atoms with Crippen LogP contribution in [0.4, 0.5) is 0 Å². The molecule has 4 heteroatoms. The summed E-state index contributed by atoms with van der Waals surface area (Å²) in [6.45, 7) is 6.30. The zero-order valence-electron chi connectivity index (χ0n) is 12.3. The summed E-state index contributed by atoms with van der Waals surface area (Å²) in [4.78, 5) is 12.1. The highest BCUT2D eigenvalue weighted by Crippen LogP contribution is 2.17. The quantitative estimate of drug-likeness (QED) is 0.909. The van der Waals surface area contributed by atoms with Crippen LogP contribution in [0.1, 0.15) is 36.2 Å². The fraction of sp³-hybridized carbons (Fsp3) is 0.375. The van der Waals surface area contributed by atoms with Crippen LogP contribution < -0.4 is 5.32 Å².